The van der Waals surface area contributed by atoms with Crippen molar-refractivity contribution in [3.8, 4) is 34.2 Å². The Kier molecular flexibility index (Phi) is 23.2. The van der Waals surface area contributed by atoms with E-state index in [0.29, 0.717) is 0 Å². The van der Waals surface area contributed by atoms with Crippen LogP contribution in [0, 0.1) is 0 Å². The second-order valence-corrected chi connectivity index (χ2v) is 26.1. The van der Waals surface area contributed by atoms with Crippen LogP contribution in [0.1, 0.15) is 0 Å². The topological polar surface area (TPSA) is 160 Å². The van der Waals surface area contributed by atoms with Gasteiger partial charge in [-0.3, -0.25) is 5.10 Å². The zero-order chi connectivity index (χ0) is 29.1. The van der Waals surface area contributed by atoms with Gasteiger partial charge in [0.2, 0.25) is 0 Å². The Morgan fingerprint density at radius 2 is 1.00 bits per heavy atom. The molecule has 6 aromatic heterocycles. The van der Waals surface area contributed by atoms with Gasteiger partial charge in [0, 0.05) is 37.2 Å². The molecule has 41 heavy (non-hydrogen) atoms. The summed E-state index contributed by atoms with van der Waals surface area (Å²) in [6.07, 6.45) is 14.5. The van der Waals surface area contributed by atoms with Crippen LogP contribution in [0.4, 0.5) is 0 Å². The zero-order valence-corrected chi connectivity index (χ0v) is 35.0. The molecule has 0 bridgehead atoms. The molecule has 12 nitrogen and oxygen atoms in total. The smallest absolute Gasteiger partial charge is 0.574 e. The molecule has 0 aliphatic rings. The van der Waals surface area contributed by atoms with Gasteiger partial charge in [-0.1, -0.05) is 23.5 Å². The van der Waals surface area contributed by atoms with Crippen molar-refractivity contribution in [1.29, 1.82) is 0 Å². The van der Waals surface area contributed by atoms with Gasteiger partial charge in [-0.15, -0.1) is 0 Å². The van der Waals surface area contributed by atoms with E-state index in [4.69, 9.17) is 37.7 Å². The molecule has 0 aliphatic carbocycles. The number of aromatic nitrogens is 12. The van der Waals surface area contributed by atoms with E-state index in [2.05, 4.69) is 60.5 Å². The van der Waals surface area contributed by atoms with Gasteiger partial charge in [0.15, 0.2) is 0 Å². The summed E-state index contributed by atoms with van der Waals surface area (Å²) in [5, 5.41) is 21.7. The van der Waals surface area contributed by atoms with Gasteiger partial charge in [-0.05, 0) is 24.3 Å². The van der Waals surface area contributed by atoms with Crippen LogP contribution in [-0.4, -0.2) is 113 Å². The minimum Gasteiger partial charge on any atom is -0.574 e. The first-order chi connectivity index (χ1) is 19.4. The van der Waals surface area contributed by atoms with Crippen molar-refractivity contribution < 1.29 is 33.0 Å². The van der Waals surface area contributed by atoms with Gasteiger partial charge in [-0.25, -0.2) is 29.9 Å². The number of aromatic amines is 1. The van der Waals surface area contributed by atoms with Crippen LogP contribution in [-0.2, 0) is 33.0 Å². The summed E-state index contributed by atoms with van der Waals surface area (Å²) in [5.74, 6) is 0. The summed E-state index contributed by atoms with van der Waals surface area (Å²) >= 11 is -0.556. The number of rotatable bonds is 3. The molecule has 0 unspecified atom stereocenters. The van der Waals surface area contributed by atoms with E-state index >= 15 is 0 Å². The molecule has 6 rings (SSSR count). The molecule has 6 aromatic rings. The molecule has 0 atom stereocenters. The van der Waals surface area contributed by atoms with Gasteiger partial charge < -0.3 is 20.4 Å². The van der Waals surface area contributed by atoms with Crippen molar-refractivity contribution in [2.45, 2.75) is 0 Å². The Hall–Kier alpha value is 0.679. The molecular formula is C21H16Cl4K2N12Pt2. The van der Waals surface area contributed by atoms with Gasteiger partial charge in [-0.2, -0.15) is 5.10 Å². The van der Waals surface area contributed by atoms with Crippen LogP contribution < -0.4 is 10.2 Å². The summed E-state index contributed by atoms with van der Waals surface area (Å²) in [7, 11) is 20.0. The van der Waals surface area contributed by atoms with Crippen LogP contribution in [0.2, 0.25) is 0 Å². The van der Waals surface area contributed by atoms with Crippen LogP contribution in [0.3, 0.4) is 0 Å². The average Bonchev–Trinajstić information content (AvgIpc) is 3.80. The predicted molar refractivity (Wildman–Crippen MR) is 152 cm³/mol. The number of hydrogen-bond donors (Lipinski definition) is 1. The molecule has 0 aliphatic heterocycles. The quantitative estimate of drug-likeness (QED) is 0.257. The first-order valence-electron chi connectivity index (χ1n) is 11.1. The molecule has 0 aromatic carbocycles. The third-order valence-electron chi connectivity index (χ3n) is 3.98. The van der Waals surface area contributed by atoms with Crippen molar-refractivity contribution in [3.63, 3.8) is 0 Å². The van der Waals surface area contributed by atoms with Crippen LogP contribution in [0.25, 0.3) is 34.2 Å². The zero-order valence-electron chi connectivity index (χ0n) is 21.2. The number of halogens is 4. The third-order valence-corrected chi connectivity index (χ3v) is 3.98. The second kappa shape index (κ2) is 24.0. The van der Waals surface area contributed by atoms with Gasteiger partial charge in [0.05, 0.1) is 22.8 Å². The molecule has 0 amide bonds. The first-order valence-corrected chi connectivity index (χ1v) is 38.3. The van der Waals surface area contributed by atoms with Crippen molar-refractivity contribution >= 4 is 101 Å². The number of nitrogens with zero attached hydrogens (tertiary/aromatic N) is 11. The van der Waals surface area contributed by atoms with Gasteiger partial charge in [0.25, 0.3) is 0 Å². The normalized spacial score (nSPS) is 9.95. The molecule has 0 fully saturated rings. The summed E-state index contributed by atoms with van der Waals surface area (Å²) in [4.78, 5) is 23.5. The summed E-state index contributed by atoms with van der Waals surface area (Å²) in [6, 6.07) is 10.9. The maximum absolute atomic E-state index is 5.01. The average molecular weight is 1050 g/mol. The van der Waals surface area contributed by atoms with E-state index in [1.165, 1.54) is 82.1 Å². The Bertz CT molecular complexity index is 1230. The third kappa shape index (κ3) is 18.3. The fraction of sp³-hybridized carbons (Fsp3) is 0. The number of H-pyrrole nitrogens is 1. The molecule has 0 saturated heterocycles. The molecule has 6 heterocycles. The molecule has 0 radical (unpaired) electrons. The summed E-state index contributed by atoms with van der Waals surface area (Å²) in [5.41, 5.74) is 4.94. The van der Waals surface area contributed by atoms with Crippen molar-refractivity contribution in [3.05, 3.63) is 92.6 Å². The maximum atomic E-state index is 5.01. The molecular weight excluding hydrogens is 1030 g/mol. The molecule has 1 N–H and O–H groups in total. The van der Waals surface area contributed by atoms with Crippen molar-refractivity contribution in [1.82, 2.24) is 60.5 Å². The first kappa shape index (κ1) is 39.7. The van der Waals surface area contributed by atoms with Crippen molar-refractivity contribution in [2.24, 2.45) is 0 Å². The van der Waals surface area contributed by atoms with Crippen LogP contribution >= 0.6 is 37.7 Å². The number of nitrogens with one attached hydrogen (secondary N) is 1. The van der Waals surface area contributed by atoms with E-state index in [-0.39, 0.29) is 21.1 Å². The fourth-order valence-corrected chi connectivity index (χ4v) is 2.47. The van der Waals surface area contributed by atoms with Crippen LogP contribution in [0.15, 0.2) is 92.6 Å². The van der Waals surface area contributed by atoms with Crippen molar-refractivity contribution in [2.75, 3.05) is 0 Å². The number of hydrogen-bond acceptors (Lipinski definition) is 9. The second-order valence-electron chi connectivity index (χ2n) is 6.36. The fourth-order valence-electron chi connectivity index (χ4n) is 2.47. The summed E-state index contributed by atoms with van der Waals surface area (Å²) in [6.45, 7) is 0. The Balaban J connectivity index is 0.000000274. The summed E-state index contributed by atoms with van der Waals surface area (Å²) < 4.78 is 0. The molecule has 210 valence electrons. The minimum atomic E-state index is -3.06. The van der Waals surface area contributed by atoms with E-state index in [1.54, 1.807) is 49.3 Å². The maximum Gasteiger partial charge on any atom is 2.00 e. The minimum absolute atomic E-state index is 0. The Morgan fingerprint density at radius 3 is 1.29 bits per heavy atom. The monoisotopic (exact) mass is 1040 g/mol. The molecule has 0 saturated carbocycles. The van der Waals surface area contributed by atoms with E-state index in [9.17, 15) is 0 Å². The predicted octanol–water partition coefficient (Wildman–Crippen LogP) is 3.85. The van der Waals surface area contributed by atoms with E-state index in [0.717, 1.165) is 34.2 Å². The SMILES string of the molecule is [Cl][Pt]([Cl])([Cl])[Cl].[K][K].[Pt+2].c1cc(-c2ccn[n-]2)ncn1.c1cc(-c2ccn[n-]2)ncn1.c1cc(-c2ccn[nH]2)ncn1. The van der Waals surface area contributed by atoms with E-state index < -0.39 is 11.9 Å². The Labute approximate surface area is 314 Å². The molecule has 20 heteroatoms. The Morgan fingerprint density at radius 1 is 0.585 bits per heavy atom. The van der Waals surface area contributed by atoms with Crippen LogP contribution in [0.5, 0.6) is 0 Å². The van der Waals surface area contributed by atoms with E-state index in [1.807, 2.05) is 24.3 Å². The standard InChI is InChI=1S/C7H6N4.2C7H5N4.4ClH.2K.2Pt/c3*1-3-8-5-9-6(1)7-2-4-10-11-7;;;;;;;;/h1-5H,(H,10,11);2*1-5H;4*1H;;;;/q;2*-1;;;;;;;+2;+4/p-4. The largest absolute Gasteiger partial charge is 2.00 e. The van der Waals surface area contributed by atoms with Gasteiger partial charge in [0.1, 0.15) is 19.0 Å². The molecule has 0 spiro atoms. The van der Waals surface area contributed by atoms with Gasteiger partial charge >= 0.3 is 134 Å².